The van der Waals surface area contributed by atoms with Crippen LogP contribution in [-0.4, -0.2) is 58.7 Å². The van der Waals surface area contributed by atoms with Gasteiger partial charge in [0, 0.05) is 55.0 Å². The van der Waals surface area contributed by atoms with Crippen LogP contribution < -0.4 is 10.7 Å². The van der Waals surface area contributed by atoms with Gasteiger partial charge in [0.25, 0.3) is 5.91 Å². The van der Waals surface area contributed by atoms with Gasteiger partial charge in [0.2, 0.25) is 11.8 Å². The van der Waals surface area contributed by atoms with Gasteiger partial charge in [-0.25, -0.2) is 0 Å². The molecule has 2 fully saturated rings. The van der Waals surface area contributed by atoms with Gasteiger partial charge < -0.3 is 19.5 Å². The van der Waals surface area contributed by atoms with Crippen molar-refractivity contribution < 1.29 is 32.0 Å². The first-order chi connectivity index (χ1) is 23.4. The van der Waals surface area contributed by atoms with Crippen LogP contribution in [0.2, 0.25) is 5.02 Å². The second kappa shape index (κ2) is 14.7. The van der Waals surface area contributed by atoms with Crippen LogP contribution in [-0.2, 0) is 22.6 Å². The predicted octanol–water partition coefficient (Wildman–Crippen LogP) is 6.93. The van der Waals surface area contributed by atoms with Crippen LogP contribution in [0.1, 0.15) is 58.8 Å². The van der Waals surface area contributed by atoms with Crippen LogP contribution >= 0.6 is 23.4 Å². The number of hydrogen-bond donors (Lipinski definition) is 1. The lowest BCUT2D eigenvalue weighted by atomic mass is 9.86. The molecule has 2 aliphatic heterocycles. The lowest BCUT2D eigenvalue weighted by Crippen LogP contribution is -2.51. The Morgan fingerprint density at radius 2 is 1.71 bits per heavy atom. The van der Waals surface area contributed by atoms with Crippen molar-refractivity contribution in [2.24, 2.45) is 0 Å². The highest BCUT2D eigenvalue weighted by Gasteiger charge is 2.33. The predicted molar refractivity (Wildman–Crippen MR) is 180 cm³/mol. The van der Waals surface area contributed by atoms with Gasteiger partial charge in [0.05, 0.1) is 5.39 Å². The SMILES string of the molecule is O=C(NC(Cc1ccc(Cl)cc1)C(=O)N1CCC(c2ccccc2CN2CCCC2=O)CC1)c1cc(=O)c2cc(SC(F)(F)F)ccc2o1. The van der Waals surface area contributed by atoms with Crippen LogP contribution in [0.15, 0.2) is 86.9 Å². The molecule has 1 aromatic heterocycles. The Morgan fingerprint density at radius 1 is 0.980 bits per heavy atom. The van der Waals surface area contributed by atoms with Gasteiger partial charge in [-0.3, -0.25) is 19.2 Å². The van der Waals surface area contributed by atoms with E-state index in [1.54, 1.807) is 29.2 Å². The molecule has 3 amide bonds. The number of halogens is 4. The lowest BCUT2D eigenvalue weighted by Gasteiger charge is -2.35. The van der Waals surface area contributed by atoms with Crippen molar-refractivity contribution in [2.45, 2.75) is 61.0 Å². The lowest BCUT2D eigenvalue weighted by molar-refractivity contribution is -0.134. The van der Waals surface area contributed by atoms with Gasteiger partial charge in [-0.2, -0.15) is 13.2 Å². The number of thioether (sulfide) groups is 1. The molecule has 0 radical (unpaired) electrons. The van der Waals surface area contributed by atoms with E-state index in [4.69, 9.17) is 16.0 Å². The van der Waals surface area contributed by atoms with E-state index in [1.165, 1.54) is 11.6 Å². The number of hydrogen-bond acceptors (Lipinski definition) is 6. The molecule has 2 aliphatic rings. The molecule has 49 heavy (non-hydrogen) atoms. The molecular formula is C36H33ClF3N3O5S. The molecule has 8 nitrogen and oxygen atoms in total. The van der Waals surface area contributed by atoms with Crippen molar-refractivity contribution in [1.29, 1.82) is 0 Å². The average molecular weight is 712 g/mol. The molecular weight excluding hydrogens is 679 g/mol. The highest BCUT2D eigenvalue weighted by molar-refractivity contribution is 8.00. The number of fused-ring (bicyclic) bond motifs is 1. The molecule has 3 heterocycles. The minimum Gasteiger partial charge on any atom is -0.451 e. The van der Waals surface area contributed by atoms with E-state index in [0.29, 0.717) is 43.9 Å². The van der Waals surface area contributed by atoms with Crippen LogP contribution in [0.3, 0.4) is 0 Å². The molecule has 6 rings (SSSR count). The fourth-order valence-electron chi connectivity index (χ4n) is 6.51. The summed E-state index contributed by atoms with van der Waals surface area (Å²) in [6.07, 6.45) is 2.99. The molecule has 0 aliphatic carbocycles. The van der Waals surface area contributed by atoms with Crippen molar-refractivity contribution in [2.75, 3.05) is 19.6 Å². The van der Waals surface area contributed by atoms with Crippen LogP contribution in [0.5, 0.6) is 0 Å². The molecule has 3 aromatic carbocycles. The second-order valence-electron chi connectivity index (χ2n) is 12.3. The van der Waals surface area contributed by atoms with Crippen molar-refractivity contribution in [3.8, 4) is 0 Å². The normalized spacial score (nSPS) is 16.3. The first kappa shape index (κ1) is 34.6. The third kappa shape index (κ3) is 8.48. The first-order valence-corrected chi connectivity index (χ1v) is 17.2. The van der Waals surface area contributed by atoms with Crippen molar-refractivity contribution in [3.05, 3.63) is 110 Å². The fourth-order valence-corrected chi connectivity index (χ4v) is 7.22. The Morgan fingerprint density at radius 3 is 2.41 bits per heavy atom. The van der Waals surface area contributed by atoms with Gasteiger partial charge in [0.15, 0.2) is 11.2 Å². The Labute approximate surface area is 289 Å². The molecule has 0 spiro atoms. The number of likely N-dealkylation sites (tertiary alicyclic amines) is 2. The molecule has 1 N–H and O–H groups in total. The summed E-state index contributed by atoms with van der Waals surface area (Å²) in [6.45, 7) is 2.24. The first-order valence-electron chi connectivity index (χ1n) is 16.0. The number of amides is 3. The Kier molecular flexibility index (Phi) is 10.4. The van der Waals surface area contributed by atoms with E-state index in [1.807, 2.05) is 17.0 Å². The minimum absolute atomic E-state index is 0.0544. The molecule has 1 unspecified atom stereocenters. The topological polar surface area (TPSA) is 99.9 Å². The molecule has 13 heteroatoms. The molecule has 256 valence electrons. The van der Waals surface area contributed by atoms with Crippen LogP contribution in [0.4, 0.5) is 13.2 Å². The molecule has 2 saturated heterocycles. The van der Waals surface area contributed by atoms with Gasteiger partial charge in [-0.05, 0) is 84.0 Å². The third-order valence-electron chi connectivity index (χ3n) is 8.95. The summed E-state index contributed by atoms with van der Waals surface area (Å²) < 4.78 is 44.2. The zero-order valence-electron chi connectivity index (χ0n) is 26.3. The second-order valence-corrected chi connectivity index (χ2v) is 13.8. The fraction of sp³-hybridized carbons (Fsp3) is 0.333. The highest BCUT2D eigenvalue weighted by Crippen LogP contribution is 2.37. The number of rotatable bonds is 9. The van der Waals surface area contributed by atoms with Crippen molar-refractivity contribution in [1.82, 2.24) is 15.1 Å². The quantitative estimate of drug-likeness (QED) is 0.189. The zero-order valence-corrected chi connectivity index (χ0v) is 27.9. The van der Waals surface area contributed by atoms with Gasteiger partial charge in [0.1, 0.15) is 11.6 Å². The molecule has 0 saturated carbocycles. The van der Waals surface area contributed by atoms with Gasteiger partial charge in [-0.15, -0.1) is 0 Å². The number of nitrogens with zero attached hydrogens (tertiary/aromatic N) is 2. The number of carbonyl (C=O) groups is 3. The molecule has 4 aromatic rings. The zero-order chi connectivity index (χ0) is 34.7. The summed E-state index contributed by atoms with van der Waals surface area (Å²) in [6, 6.07) is 18.4. The number of benzene rings is 3. The summed E-state index contributed by atoms with van der Waals surface area (Å²) in [5.41, 5.74) is -2.24. The summed E-state index contributed by atoms with van der Waals surface area (Å²) in [5, 5.41) is 3.15. The van der Waals surface area contributed by atoms with E-state index in [-0.39, 0.29) is 57.5 Å². The minimum atomic E-state index is -4.53. The van der Waals surface area contributed by atoms with E-state index < -0.39 is 22.9 Å². The average Bonchev–Trinajstić information content (AvgIpc) is 3.48. The summed E-state index contributed by atoms with van der Waals surface area (Å²) in [7, 11) is 0. The third-order valence-corrected chi connectivity index (χ3v) is 9.92. The maximum atomic E-state index is 14.0. The molecule has 0 bridgehead atoms. The maximum absolute atomic E-state index is 14.0. The number of nitrogens with one attached hydrogen (secondary N) is 1. The Balaban J connectivity index is 1.18. The Bertz CT molecular complexity index is 1930. The van der Waals surface area contributed by atoms with Crippen LogP contribution in [0, 0.1) is 0 Å². The van der Waals surface area contributed by atoms with E-state index in [2.05, 4.69) is 17.4 Å². The van der Waals surface area contributed by atoms with E-state index in [0.717, 1.165) is 42.3 Å². The standard InChI is InChI=1S/C36H33ClF3N3O5S/c37-25-9-7-22(8-10-25)18-29(41-34(46)32-20-30(44)28-19-26(49-36(38,39)40)11-12-31(28)48-32)35(47)42-16-13-23(14-17-42)27-5-2-1-4-24(27)21-43-15-3-6-33(43)45/h1-2,4-5,7-12,19-20,23,29H,3,6,13-18,21H2,(H,41,46). The van der Waals surface area contributed by atoms with Crippen molar-refractivity contribution in [3.63, 3.8) is 0 Å². The monoisotopic (exact) mass is 711 g/mol. The highest BCUT2D eigenvalue weighted by atomic mass is 35.5. The Hall–Kier alpha value is -4.29. The van der Waals surface area contributed by atoms with Gasteiger partial charge >= 0.3 is 5.51 Å². The number of carbonyl (C=O) groups excluding carboxylic acids is 3. The van der Waals surface area contributed by atoms with E-state index >= 15 is 0 Å². The molecule has 1 atom stereocenters. The van der Waals surface area contributed by atoms with E-state index in [9.17, 15) is 32.3 Å². The smallest absolute Gasteiger partial charge is 0.446 e. The van der Waals surface area contributed by atoms with Crippen LogP contribution in [0.25, 0.3) is 11.0 Å². The number of piperidine rings is 1. The summed E-state index contributed by atoms with van der Waals surface area (Å²) in [5.74, 6) is -1.10. The summed E-state index contributed by atoms with van der Waals surface area (Å²) >= 11 is 5.71. The maximum Gasteiger partial charge on any atom is 0.446 e. The number of alkyl halides is 3. The summed E-state index contributed by atoms with van der Waals surface area (Å²) in [4.78, 5) is 56.0. The largest absolute Gasteiger partial charge is 0.451 e. The van der Waals surface area contributed by atoms with Gasteiger partial charge in [-0.1, -0.05) is 48.0 Å². The van der Waals surface area contributed by atoms with Crippen molar-refractivity contribution >= 4 is 52.1 Å².